The summed E-state index contributed by atoms with van der Waals surface area (Å²) in [5, 5.41) is 9.05. The van der Waals surface area contributed by atoms with Crippen molar-refractivity contribution in [3.05, 3.63) is 70.3 Å². The van der Waals surface area contributed by atoms with Gasteiger partial charge in [0.2, 0.25) is 5.75 Å². The van der Waals surface area contributed by atoms with Crippen LogP contribution in [0.15, 0.2) is 57.9 Å². The second-order valence-corrected chi connectivity index (χ2v) is 9.06. The van der Waals surface area contributed by atoms with Crippen molar-refractivity contribution in [3.8, 4) is 28.6 Å². The van der Waals surface area contributed by atoms with Crippen molar-refractivity contribution >= 4 is 46.3 Å². The van der Waals surface area contributed by atoms with Crippen LogP contribution in [-0.2, 0) is 11.3 Å². The summed E-state index contributed by atoms with van der Waals surface area (Å²) >= 11 is 6.65. The Kier molecular flexibility index (Phi) is 7.13. The standard InChI is InChI=1S/C25H21NO7S2/c1-30-19-10-14(11-20(31-2)22(19)32-3)13-26-23(27)21(35-25(26)34)12-17-8-9-18(33-17)15-4-6-16(7-5-15)24(28)29/h4-12H,13H2,1-3H3,(H,28,29)/b21-12-. The lowest BCUT2D eigenvalue weighted by Gasteiger charge is -2.18. The van der Waals surface area contributed by atoms with E-state index in [1.54, 1.807) is 42.5 Å². The first-order chi connectivity index (χ1) is 16.8. The summed E-state index contributed by atoms with van der Waals surface area (Å²) in [6, 6.07) is 13.4. The van der Waals surface area contributed by atoms with Crippen LogP contribution in [0.2, 0.25) is 0 Å². The van der Waals surface area contributed by atoms with E-state index in [4.69, 9.17) is 36.0 Å². The molecule has 0 radical (unpaired) electrons. The van der Waals surface area contributed by atoms with Gasteiger partial charge in [-0.25, -0.2) is 4.79 Å². The fraction of sp³-hybridized carbons (Fsp3) is 0.160. The van der Waals surface area contributed by atoms with Crippen LogP contribution in [0.4, 0.5) is 0 Å². The molecule has 1 fully saturated rings. The summed E-state index contributed by atoms with van der Waals surface area (Å²) in [7, 11) is 4.58. The number of carbonyl (C=O) groups excluding carboxylic acids is 1. The highest BCUT2D eigenvalue weighted by Crippen LogP contribution is 2.40. The quantitative estimate of drug-likeness (QED) is 0.328. The molecular formula is C25H21NO7S2. The molecule has 4 rings (SSSR count). The number of benzene rings is 2. The van der Waals surface area contributed by atoms with E-state index >= 15 is 0 Å². The average Bonchev–Trinajstić information content (AvgIpc) is 3.43. The number of thioether (sulfide) groups is 1. The fourth-order valence-electron chi connectivity index (χ4n) is 3.54. The molecule has 0 unspecified atom stereocenters. The van der Waals surface area contributed by atoms with Gasteiger partial charge < -0.3 is 23.7 Å². The predicted octanol–water partition coefficient (Wildman–Crippen LogP) is 5.07. The summed E-state index contributed by atoms with van der Waals surface area (Å²) in [5.41, 5.74) is 1.68. The molecule has 180 valence electrons. The van der Waals surface area contributed by atoms with Gasteiger partial charge in [0.15, 0.2) is 11.5 Å². The van der Waals surface area contributed by atoms with Gasteiger partial charge in [0.25, 0.3) is 5.91 Å². The van der Waals surface area contributed by atoms with Crippen molar-refractivity contribution in [2.75, 3.05) is 21.3 Å². The Morgan fingerprint density at radius 3 is 2.29 bits per heavy atom. The third kappa shape index (κ3) is 5.03. The van der Waals surface area contributed by atoms with E-state index in [0.717, 1.165) is 11.1 Å². The van der Waals surface area contributed by atoms with Crippen LogP contribution < -0.4 is 14.2 Å². The van der Waals surface area contributed by atoms with Crippen molar-refractivity contribution in [3.63, 3.8) is 0 Å². The topological polar surface area (TPSA) is 98.4 Å². The number of furan rings is 1. The molecule has 1 amide bonds. The summed E-state index contributed by atoms with van der Waals surface area (Å²) in [4.78, 5) is 26.1. The number of carboxylic acids is 1. The second kappa shape index (κ2) is 10.2. The molecule has 10 heteroatoms. The first-order valence-electron chi connectivity index (χ1n) is 10.3. The summed E-state index contributed by atoms with van der Waals surface area (Å²) in [6.07, 6.45) is 1.64. The molecule has 2 heterocycles. The molecule has 3 aromatic rings. The third-order valence-electron chi connectivity index (χ3n) is 5.26. The Labute approximate surface area is 211 Å². The van der Waals surface area contributed by atoms with Gasteiger partial charge in [0.1, 0.15) is 15.8 Å². The minimum atomic E-state index is -0.995. The molecule has 1 aromatic heterocycles. The van der Waals surface area contributed by atoms with Crippen LogP contribution in [-0.4, -0.2) is 47.5 Å². The molecular weight excluding hydrogens is 490 g/mol. The number of amides is 1. The zero-order valence-electron chi connectivity index (χ0n) is 19.1. The molecule has 0 bridgehead atoms. The Hall–Kier alpha value is -3.76. The summed E-state index contributed by atoms with van der Waals surface area (Å²) < 4.78 is 22.4. The molecule has 0 saturated carbocycles. The van der Waals surface area contributed by atoms with E-state index in [9.17, 15) is 9.59 Å². The number of hydrogen-bond acceptors (Lipinski definition) is 8. The van der Waals surface area contributed by atoms with Crippen LogP contribution in [0.3, 0.4) is 0 Å². The number of ether oxygens (including phenoxy) is 3. The van der Waals surface area contributed by atoms with Crippen molar-refractivity contribution < 1.29 is 33.3 Å². The van der Waals surface area contributed by atoms with Crippen LogP contribution in [0.1, 0.15) is 21.7 Å². The Morgan fingerprint density at radius 2 is 1.71 bits per heavy atom. The van der Waals surface area contributed by atoms with Crippen LogP contribution in [0.5, 0.6) is 17.2 Å². The Morgan fingerprint density at radius 1 is 1.06 bits per heavy atom. The molecule has 35 heavy (non-hydrogen) atoms. The van der Waals surface area contributed by atoms with E-state index in [1.807, 2.05) is 0 Å². The van der Waals surface area contributed by atoms with Crippen molar-refractivity contribution in [1.29, 1.82) is 0 Å². The maximum atomic E-state index is 13.1. The highest BCUT2D eigenvalue weighted by molar-refractivity contribution is 8.26. The van der Waals surface area contributed by atoms with Crippen molar-refractivity contribution in [2.45, 2.75) is 6.54 Å². The van der Waals surface area contributed by atoms with Gasteiger partial charge in [-0.2, -0.15) is 0 Å². The Balaban J connectivity index is 1.53. The smallest absolute Gasteiger partial charge is 0.335 e. The largest absolute Gasteiger partial charge is 0.493 e. The van der Waals surface area contributed by atoms with Crippen LogP contribution in [0.25, 0.3) is 17.4 Å². The van der Waals surface area contributed by atoms with Gasteiger partial charge in [-0.05, 0) is 42.0 Å². The minimum Gasteiger partial charge on any atom is -0.493 e. The molecule has 1 N–H and O–H groups in total. The number of nitrogens with zero attached hydrogens (tertiary/aromatic N) is 1. The van der Waals surface area contributed by atoms with Crippen molar-refractivity contribution in [2.24, 2.45) is 0 Å². The van der Waals surface area contributed by atoms with E-state index in [-0.39, 0.29) is 18.0 Å². The van der Waals surface area contributed by atoms with Gasteiger partial charge in [0, 0.05) is 11.6 Å². The number of rotatable bonds is 8. The van der Waals surface area contributed by atoms with Crippen LogP contribution >= 0.6 is 24.0 Å². The van der Waals surface area contributed by atoms with Gasteiger partial charge in [-0.3, -0.25) is 9.69 Å². The highest BCUT2D eigenvalue weighted by atomic mass is 32.2. The second-order valence-electron chi connectivity index (χ2n) is 7.39. The first-order valence-corrected chi connectivity index (χ1v) is 11.5. The molecule has 2 aromatic carbocycles. The van der Waals surface area contributed by atoms with E-state index in [0.29, 0.717) is 38.0 Å². The number of aromatic carboxylic acids is 1. The summed E-state index contributed by atoms with van der Waals surface area (Å²) in [6.45, 7) is 0.234. The molecule has 1 aliphatic rings. The lowest BCUT2D eigenvalue weighted by atomic mass is 10.1. The Bertz CT molecular complexity index is 1300. The maximum Gasteiger partial charge on any atom is 0.335 e. The molecule has 1 saturated heterocycles. The number of hydrogen-bond donors (Lipinski definition) is 1. The van der Waals surface area contributed by atoms with Gasteiger partial charge in [-0.15, -0.1) is 0 Å². The van der Waals surface area contributed by atoms with E-state index in [1.165, 1.54) is 50.1 Å². The minimum absolute atomic E-state index is 0.191. The van der Waals surface area contributed by atoms with Gasteiger partial charge in [0.05, 0.1) is 38.3 Å². The molecule has 1 aliphatic heterocycles. The maximum absolute atomic E-state index is 13.1. The zero-order chi connectivity index (χ0) is 25.1. The first kappa shape index (κ1) is 24.4. The lowest BCUT2D eigenvalue weighted by Crippen LogP contribution is -2.27. The number of carbonyl (C=O) groups is 2. The fourth-order valence-corrected chi connectivity index (χ4v) is 4.77. The number of carboxylic acid groups (broad SMARTS) is 1. The van der Waals surface area contributed by atoms with E-state index in [2.05, 4.69) is 0 Å². The van der Waals surface area contributed by atoms with Crippen molar-refractivity contribution in [1.82, 2.24) is 4.90 Å². The molecule has 8 nitrogen and oxygen atoms in total. The summed E-state index contributed by atoms with van der Waals surface area (Å²) in [5.74, 6) is 1.25. The third-order valence-corrected chi connectivity index (χ3v) is 6.63. The zero-order valence-corrected chi connectivity index (χ0v) is 20.7. The van der Waals surface area contributed by atoms with E-state index < -0.39 is 5.97 Å². The lowest BCUT2D eigenvalue weighted by molar-refractivity contribution is -0.122. The normalized spacial score (nSPS) is 14.5. The predicted molar refractivity (Wildman–Crippen MR) is 136 cm³/mol. The number of methoxy groups -OCH3 is 3. The highest BCUT2D eigenvalue weighted by Gasteiger charge is 2.33. The SMILES string of the molecule is COc1cc(CN2C(=O)/C(=C/c3ccc(-c4ccc(C(=O)O)cc4)o3)SC2=S)cc(OC)c1OC. The van der Waals surface area contributed by atoms with Gasteiger partial charge in [-0.1, -0.05) is 36.1 Å². The van der Waals surface area contributed by atoms with Crippen LogP contribution in [0, 0.1) is 0 Å². The van der Waals surface area contributed by atoms with Gasteiger partial charge >= 0.3 is 5.97 Å². The molecule has 0 aliphatic carbocycles. The molecule has 0 atom stereocenters. The monoisotopic (exact) mass is 511 g/mol. The number of thiocarbonyl (C=S) groups is 1. The average molecular weight is 512 g/mol. The molecule has 0 spiro atoms.